The van der Waals surface area contributed by atoms with Crippen LogP contribution in [-0.4, -0.2) is 79.9 Å². The Kier molecular flexibility index (Phi) is 12.7. The van der Waals surface area contributed by atoms with Gasteiger partial charge in [-0.1, -0.05) is 0 Å². The van der Waals surface area contributed by atoms with Crippen LogP contribution in [0.3, 0.4) is 0 Å². The summed E-state index contributed by atoms with van der Waals surface area (Å²) in [4.78, 5) is 19.8. The average molecular weight is 457 g/mol. The number of rotatable bonds is 16. The van der Waals surface area contributed by atoms with Gasteiger partial charge in [-0.05, 0) is 62.3 Å². The molecular formula is C22H44N6O4. The lowest BCUT2D eigenvalue weighted by Crippen LogP contribution is -2.36. The van der Waals surface area contributed by atoms with Gasteiger partial charge in [0.2, 0.25) is 17.8 Å². The van der Waals surface area contributed by atoms with Crippen LogP contribution in [0, 0.1) is 0 Å². The minimum Gasteiger partial charge on any atom is -0.358 e. The molecule has 0 bridgehead atoms. The van der Waals surface area contributed by atoms with Crippen LogP contribution in [0.4, 0.5) is 17.8 Å². The van der Waals surface area contributed by atoms with Gasteiger partial charge >= 0.3 is 0 Å². The Balaban J connectivity index is 3.36. The molecule has 10 heteroatoms. The van der Waals surface area contributed by atoms with Gasteiger partial charge in [-0.25, -0.2) is 0 Å². The van der Waals surface area contributed by atoms with E-state index in [4.69, 9.17) is 33.9 Å². The van der Waals surface area contributed by atoms with Gasteiger partial charge in [-0.15, -0.1) is 0 Å². The van der Waals surface area contributed by atoms with Gasteiger partial charge in [0.1, 0.15) is 26.9 Å². The van der Waals surface area contributed by atoms with Crippen molar-refractivity contribution < 1.29 is 18.9 Å². The molecule has 0 unspecified atom stereocenters. The third kappa shape index (κ3) is 10.7. The largest absolute Gasteiger partial charge is 0.358 e. The van der Waals surface area contributed by atoms with E-state index in [1.165, 1.54) is 0 Å². The molecule has 0 saturated carbocycles. The van der Waals surface area contributed by atoms with E-state index in [2.05, 4.69) is 0 Å². The van der Waals surface area contributed by atoms with Crippen molar-refractivity contribution >= 4 is 17.8 Å². The Labute approximate surface area is 194 Å². The fraction of sp³-hybridized carbons (Fsp3) is 0.864. The van der Waals surface area contributed by atoms with Crippen molar-refractivity contribution in [2.75, 3.05) is 55.2 Å². The van der Waals surface area contributed by atoms with Crippen LogP contribution >= 0.6 is 0 Å². The van der Waals surface area contributed by atoms with Crippen LogP contribution in [0.1, 0.15) is 62.3 Å². The first-order chi connectivity index (χ1) is 15.0. The van der Waals surface area contributed by atoms with Crippen LogP contribution in [0.15, 0.2) is 0 Å². The van der Waals surface area contributed by atoms with Crippen LogP contribution in [-0.2, 0) is 18.9 Å². The summed E-state index contributed by atoms with van der Waals surface area (Å²) in [6.45, 7) is 19.9. The molecule has 0 aliphatic heterocycles. The van der Waals surface area contributed by atoms with Gasteiger partial charge in [0.05, 0.1) is 24.4 Å². The first kappa shape index (κ1) is 28.3. The van der Waals surface area contributed by atoms with Gasteiger partial charge in [0, 0.05) is 13.6 Å². The number of nitrogens with zero attached hydrogens (tertiary/aromatic N) is 6. The molecule has 0 aliphatic rings. The number of aromatic nitrogens is 3. The lowest BCUT2D eigenvalue weighted by atomic mass is 10.5. The Morgan fingerprint density at radius 2 is 0.844 bits per heavy atom. The van der Waals surface area contributed by atoms with Crippen molar-refractivity contribution in [2.45, 2.75) is 86.7 Å². The third-order valence-corrected chi connectivity index (χ3v) is 4.24. The molecule has 0 aromatic carbocycles. The number of anilines is 3. The molecule has 1 rings (SSSR count). The minimum absolute atomic E-state index is 0.0611. The van der Waals surface area contributed by atoms with E-state index in [0.717, 1.165) is 6.54 Å². The van der Waals surface area contributed by atoms with Crippen LogP contribution in [0.5, 0.6) is 0 Å². The van der Waals surface area contributed by atoms with Gasteiger partial charge < -0.3 is 23.8 Å². The Hall–Kier alpha value is -1.75. The van der Waals surface area contributed by atoms with E-state index in [0.29, 0.717) is 44.8 Å². The fourth-order valence-corrected chi connectivity index (χ4v) is 2.20. The maximum Gasteiger partial charge on any atom is 0.235 e. The molecule has 1 aromatic heterocycles. The second-order valence-electron chi connectivity index (χ2n) is 8.71. The second-order valence-corrected chi connectivity index (χ2v) is 8.71. The molecule has 0 saturated heterocycles. The summed E-state index contributed by atoms with van der Waals surface area (Å²) in [5, 5.41) is 0. The monoisotopic (exact) mass is 456 g/mol. The van der Waals surface area contributed by atoms with Gasteiger partial charge in [0.25, 0.3) is 0 Å². The van der Waals surface area contributed by atoms with Crippen LogP contribution in [0.2, 0.25) is 0 Å². The first-order valence-corrected chi connectivity index (χ1v) is 11.5. The zero-order chi connectivity index (χ0) is 24.3. The second kappa shape index (κ2) is 14.4. The van der Waals surface area contributed by atoms with Crippen molar-refractivity contribution in [3.8, 4) is 0 Å². The summed E-state index contributed by atoms with van der Waals surface area (Å²) >= 11 is 0. The summed E-state index contributed by atoms with van der Waals surface area (Å²) in [7, 11) is 1.95. The van der Waals surface area contributed by atoms with Gasteiger partial charge in [-0.3, -0.25) is 9.80 Å². The summed E-state index contributed by atoms with van der Waals surface area (Å²) < 4.78 is 23.4. The molecule has 1 heterocycles. The number of ether oxygens (including phenoxy) is 4. The highest BCUT2D eigenvalue weighted by molar-refractivity contribution is 5.45. The average Bonchev–Trinajstić information content (AvgIpc) is 2.72. The standard InChI is InChI=1S/C22H44N6O4/c1-11-26(10)20-23-21(27(12-29-16(2)3)13-30-17(4)5)25-22(24-20)28(14-31-18(6)7)15-32-19(8)9/h16-19H,11-15H2,1-10H3. The normalized spacial score (nSPS) is 11.8. The van der Waals surface area contributed by atoms with Crippen LogP contribution in [0.25, 0.3) is 0 Å². The van der Waals surface area contributed by atoms with Crippen molar-refractivity contribution in [3.05, 3.63) is 0 Å². The van der Waals surface area contributed by atoms with Crippen molar-refractivity contribution in [1.29, 1.82) is 0 Å². The van der Waals surface area contributed by atoms with Crippen LogP contribution < -0.4 is 14.7 Å². The summed E-state index contributed by atoms with van der Waals surface area (Å²) in [5.74, 6) is 1.52. The van der Waals surface area contributed by atoms with Gasteiger partial charge in [-0.2, -0.15) is 15.0 Å². The highest BCUT2D eigenvalue weighted by atomic mass is 16.5. The SMILES string of the molecule is CCN(C)c1nc(N(COC(C)C)COC(C)C)nc(N(COC(C)C)COC(C)C)n1. The molecule has 186 valence electrons. The lowest BCUT2D eigenvalue weighted by Gasteiger charge is -2.29. The van der Waals surface area contributed by atoms with E-state index in [9.17, 15) is 0 Å². The molecule has 0 fully saturated rings. The van der Waals surface area contributed by atoms with Crippen molar-refractivity contribution in [3.63, 3.8) is 0 Å². The van der Waals surface area contributed by atoms with E-state index < -0.39 is 0 Å². The molecular weight excluding hydrogens is 412 g/mol. The summed E-state index contributed by atoms with van der Waals surface area (Å²) in [6, 6.07) is 0. The summed E-state index contributed by atoms with van der Waals surface area (Å²) in [5.41, 5.74) is 0. The molecule has 1 aromatic rings. The van der Waals surface area contributed by atoms with E-state index in [-0.39, 0.29) is 24.4 Å². The molecule has 0 spiro atoms. The van der Waals surface area contributed by atoms with E-state index in [1.807, 2.05) is 84.1 Å². The van der Waals surface area contributed by atoms with Gasteiger partial charge in [0.15, 0.2) is 0 Å². The smallest absolute Gasteiger partial charge is 0.235 e. The minimum atomic E-state index is 0.0611. The first-order valence-electron chi connectivity index (χ1n) is 11.5. The third-order valence-electron chi connectivity index (χ3n) is 4.24. The Morgan fingerprint density at radius 1 is 0.562 bits per heavy atom. The van der Waals surface area contributed by atoms with E-state index >= 15 is 0 Å². The van der Waals surface area contributed by atoms with Crippen molar-refractivity contribution in [2.24, 2.45) is 0 Å². The molecule has 0 amide bonds. The predicted molar refractivity (Wildman–Crippen MR) is 128 cm³/mol. The Morgan fingerprint density at radius 3 is 1.09 bits per heavy atom. The topological polar surface area (TPSA) is 85.3 Å². The molecule has 0 atom stereocenters. The molecule has 0 N–H and O–H groups in total. The quantitative estimate of drug-likeness (QED) is 0.345. The molecule has 0 aliphatic carbocycles. The number of hydrogen-bond acceptors (Lipinski definition) is 10. The number of hydrogen-bond donors (Lipinski definition) is 0. The predicted octanol–water partition coefficient (Wildman–Crippen LogP) is 3.47. The zero-order valence-corrected chi connectivity index (χ0v) is 21.7. The fourth-order valence-electron chi connectivity index (χ4n) is 2.20. The maximum absolute atomic E-state index is 5.84. The highest BCUT2D eigenvalue weighted by Gasteiger charge is 2.21. The van der Waals surface area contributed by atoms with E-state index in [1.54, 1.807) is 0 Å². The lowest BCUT2D eigenvalue weighted by molar-refractivity contribution is 0.0333. The molecule has 10 nitrogen and oxygen atoms in total. The molecule has 32 heavy (non-hydrogen) atoms. The molecule has 0 radical (unpaired) electrons. The highest BCUT2D eigenvalue weighted by Crippen LogP contribution is 2.20. The van der Waals surface area contributed by atoms with Crippen molar-refractivity contribution in [1.82, 2.24) is 15.0 Å². The zero-order valence-electron chi connectivity index (χ0n) is 21.7. The maximum atomic E-state index is 5.84. The Bertz CT molecular complexity index is 575. The summed E-state index contributed by atoms with van der Waals surface area (Å²) in [6.07, 6.45) is 0.245.